The fourth-order valence-electron chi connectivity index (χ4n) is 2.28. The van der Waals surface area contributed by atoms with E-state index in [0.29, 0.717) is 16.9 Å². The Bertz CT molecular complexity index is 726. The van der Waals surface area contributed by atoms with Gasteiger partial charge in [-0.15, -0.1) is 0 Å². The number of imide groups is 1. The minimum Gasteiger partial charge on any atom is -0.491 e. The average molecular weight is 425 g/mol. The van der Waals surface area contributed by atoms with E-state index in [-0.39, 0.29) is 25.0 Å². The predicted octanol–water partition coefficient (Wildman–Crippen LogP) is 3.89. The molecule has 1 heterocycles. The average Bonchev–Trinajstić information content (AvgIpc) is 2.75. The van der Waals surface area contributed by atoms with Crippen molar-refractivity contribution in [2.75, 3.05) is 13.2 Å². The van der Waals surface area contributed by atoms with Crippen LogP contribution < -0.4 is 4.74 Å². The number of carbonyl (C=O) groups is 2. The zero-order valence-electron chi connectivity index (χ0n) is 11.4. The SMILES string of the molecule is O=C1c2ccccc2C(=O)N1CCOc1ccc(Br)cc1Br. The zero-order chi connectivity index (χ0) is 15.7. The number of halogens is 2. The van der Waals surface area contributed by atoms with Crippen LogP contribution >= 0.6 is 31.9 Å². The Balaban J connectivity index is 1.66. The topological polar surface area (TPSA) is 46.6 Å². The largest absolute Gasteiger partial charge is 0.491 e. The maximum Gasteiger partial charge on any atom is 0.261 e. The molecule has 0 aromatic heterocycles. The fourth-order valence-corrected chi connectivity index (χ4v) is 3.44. The lowest BCUT2D eigenvalue weighted by Crippen LogP contribution is -2.33. The monoisotopic (exact) mass is 423 g/mol. The van der Waals surface area contributed by atoms with Crippen LogP contribution in [0, 0.1) is 0 Å². The van der Waals surface area contributed by atoms with Gasteiger partial charge in [-0.1, -0.05) is 28.1 Å². The van der Waals surface area contributed by atoms with Gasteiger partial charge >= 0.3 is 0 Å². The van der Waals surface area contributed by atoms with Gasteiger partial charge in [-0.2, -0.15) is 0 Å². The number of hydrogen-bond donors (Lipinski definition) is 0. The predicted molar refractivity (Wildman–Crippen MR) is 89.1 cm³/mol. The van der Waals surface area contributed by atoms with Crippen molar-refractivity contribution in [1.29, 1.82) is 0 Å². The maximum absolute atomic E-state index is 12.2. The van der Waals surface area contributed by atoms with E-state index in [1.54, 1.807) is 24.3 Å². The molecule has 1 aliphatic heterocycles. The van der Waals surface area contributed by atoms with Gasteiger partial charge in [-0.3, -0.25) is 14.5 Å². The van der Waals surface area contributed by atoms with E-state index >= 15 is 0 Å². The molecule has 2 aromatic rings. The molecule has 0 unspecified atom stereocenters. The van der Waals surface area contributed by atoms with Crippen molar-refractivity contribution in [3.63, 3.8) is 0 Å². The third-order valence-corrected chi connectivity index (χ3v) is 4.46. The fraction of sp³-hybridized carbons (Fsp3) is 0.125. The van der Waals surface area contributed by atoms with Crippen molar-refractivity contribution in [2.24, 2.45) is 0 Å². The molecule has 2 amide bonds. The van der Waals surface area contributed by atoms with Crippen molar-refractivity contribution in [3.05, 3.63) is 62.5 Å². The van der Waals surface area contributed by atoms with Crippen molar-refractivity contribution in [3.8, 4) is 5.75 Å². The van der Waals surface area contributed by atoms with Crippen molar-refractivity contribution in [1.82, 2.24) is 4.90 Å². The molecule has 112 valence electrons. The minimum atomic E-state index is -0.265. The summed E-state index contributed by atoms with van der Waals surface area (Å²) in [6.07, 6.45) is 0. The first-order valence-corrected chi connectivity index (χ1v) is 8.19. The van der Waals surface area contributed by atoms with E-state index in [2.05, 4.69) is 31.9 Å². The van der Waals surface area contributed by atoms with E-state index in [1.165, 1.54) is 4.90 Å². The summed E-state index contributed by atoms with van der Waals surface area (Å²) in [4.78, 5) is 25.6. The number of fused-ring (bicyclic) bond motifs is 1. The van der Waals surface area contributed by atoms with E-state index in [1.807, 2.05) is 18.2 Å². The zero-order valence-corrected chi connectivity index (χ0v) is 14.6. The molecule has 0 atom stereocenters. The Hall–Kier alpha value is -1.66. The minimum absolute atomic E-state index is 0.217. The lowest BCUT2D eigenvalue weighted by Gasteiger charge is -2.15. The van der Waals surface area contributed by atoms with Gasteiger partial charge < -0.3 is 4.74 Å². The third-order valence-electron chi connectivity index (χ3n) is 3.34. The smallest absolute Gasteiger partial charge is 0.261 e. The Kier molecular flexibility index (Phi) is 4.31. The molecule has 0 N–H and O–H groups in total. The Labute approximate surface area is 144 Å². The molecule has 2 aromatic carbocycles. The molecule has 0 saturated heterocycles. The van der Waals surface area contributed by atoms with Gasteiger partial charge in [-0.25, -0.2) is 0 Å². The van der Waals surface area contributed by atoms with E-state index in [9.17, 15) is 9.59 Å². The summed E-state index contributed by atoms with van der Waals surface area (Å²) in [5, 5.41) is 0. The van der Waals surface area contributed by atoms with Crippen molar-refractivity contribution < 1.29 is 14.3 Å². The molecule has 0 spiro atoms. The molecule has 22 heavy (non-hydrogen) atoms. The van der Waals surface area contributed by atoms with Gasteiger partial charge in [0.05, 0.1) is 22.1 Å². The Morgan fingerprint density at radius 1 is 0.955 bits per heavy atom. The molecular weight excluding hydrogens is 414 g/mol. The van der Waals surface area contributed by atoms with E-state index in [4.69, 9.17) is 4.74 Å². The van der Waals surface area contributed by atoms with Gasteiger partial charge in [0.1, 0.15) is 12.4 Å². The second kappa shape index (κ2) is 6.22. The molecule has 0 aliphatic carbocycles. The summed E-state index contributed by atoms with van der Waals surface area (Å²) in [6.45, 7) is 0.459. The standard InChI is InChI=1S/C16H11Br2NO3/c17-10-5-6-14(13(18)9-10)22-8-7-19-15(20)11-3-1-2-4-12(11)16(19)21/h1-6,9H,7-8H2. The second-order valence-corrected chi connectivity index (χ2v) is 6.50. The number of carbonyl (C=O) groups excluding carboxylic acids is 2. The number of ether oxygens (including phenoxy) is 1. The van der Waals surface area contributed by atoms with E-state index in [0.717, 1.165) is 8.95 Å². The van der Waals surface area contributed by atoms with E-state index < -0.39 is 0 Å². The summed E-state index contributed by atoms with van der Waals surface area (Å²) in [6, 6.07) is 12.4. The van der Waals surface area contributed by atoms with Gasteiger partial charge in [0.2, 0.25) is 0 Å². The molecule has 0 saturated carbocycles. The van der Waals surface area contributed by atoms with Gasteiger partial charge in [0.15, 0.2) is 0 Å². The molecule has 0 radical (unpaired) electrons. The van der Waals surface area contributed by atoms with Gasteiger partial charge in [0.25, 0.3) is 11.8 Å². The molecule has 0 fully saturated rings. The molecule has 4 nitrogen and oxygen atoms in total. The number of rotatable bonds is 4. The highest BCUT2D eigenvalue weighted by atomic mass is 79.9. The normalized spacial score (nSPS) is 13.5. The van der Waals surface area contributed by atoms with Crippen LogP contribution in [0.2, 0.25) is 0 Å². The van der Waals surface area contributed by atoms with Crippen LogP contribution in [0.15, 0.2) is 51.4 Å². The van der Waals surface area contributed by atoms with Crippen LogP contribution in [0.1, 0.15) is 20.7 Å². The summed E-state index contributed by atoms with van der Waals surface area (Å²) < 4.78 is 7.38. The lowest BCUT2D eigenvalue weighted by molar-refractivity contribution is 0.0631. The lowest BCUT2D eigenvalue weighted by atomic mass is 10.1. The number of amides is 2. The first kappa shape index (κ1) is 15.2. The maximum atomic E-state index is 12.2. The van der Waals surface area contributed by atoms with Crippen LogP contribution in [0.3, 0.4) is 0 Å². The number of hydrogen-bond acceptors (Lipinski definition) is 3. The molecule has 3 rings (SSSR count). The number of benzene rings is 2. The van der Waals surface area contributed by atoms with Gasteiger partial charge in [-0.05, 0) is 46.3 Å². The first-order chi connectivity index (χ1) is 10.6. The van der Waals surface area contributed by atoms with Crippen LogP contribution in [0.4, 0.5) is 0 Å². The summed E-state index contributed by atoms with van der Waals surface area (Å²) >= 11 is 6.77. The van der Waals surface area contributed by atoms with Crippen LogP contribution in [0.25, 0.3) is 0 Å². The summed E-state index contributed by atoms with van der Waals surface area (Å²) in [7, 11) is 0. The highest BCUT2D eigenvalue weighted by molar-refractivity contribution is 9.11. The molecule has 1 aliphatic rings. The summed E-state index contributed by atoms with van der Waals surface area (Å²) in [5.41, 5.74) is 0.912. The summed E-state index contributed by atoms with van der Waals surface area (Å²) in [5.74, 6) is 0.137. The molecular formula is C16H11Br2NO3. The van der Waals surface area contributed by atoms with Gasteiger partial charge in [0, 0.05) is 4.47 Å². The highest BCUT2D eigenvalue weighted by Gasteiger charge is 2.34. The van der Waals surface area contributed by atoms with Crippen molar-refractivity contribution in [2.45, 2.75) is 0 Å². The van der Waals surface area contributed by atoms with Crippen LogP contribution in [-0.2, 0) is 0 Å². The third kappa shape index (κ3) is 2.80. The highest BCUT2D eigenvalue weighted by Crippen LogP contribution is 2.28. The Morgan fingerprint density at radius 2 is 1.59 bits per heavy atom. The quantitative estimate of drug-likeness (QED) is 0.699. The number of nitrogens with zero attached hydrogens (tertiary/aromatic N) is 1. The van der Waals surface area contributed by atoms with Crippen LogP contribution in [0.5, 0.6) is 5.75 Å². The molecule has 6 heteroatoms. The van der Waals surface area contributed by atoms with Crippen LogP contribution in [-0.4, -0.2) is 29.9 Å². The Morgan fingerprint density at radius 3 is 2.18 bits per heavy atom. The first-order valence-electron chi connectivity index (χ1n) is 6.61. The second-order valence-electron chi connectivity index (χ2n) is 4.73. The van der Waals surface area contributed by atoms with Crippen molar-refractivity contribution >= 4 is 43.7 Å². The molecule has 0 bridgehead atoms.